The number of nitrogens with zero attached hydrogens (tertiary/aromatic N) is 1. The van der Waals surface area contributed by atoms with Crippen LogP contribution in [0.1, 0.15) is 15.9 Å². The molecule has 1 aliphatic rings. The normalized spacial score (nSPS) is 14.3. The summed E-state index contributed by atoms with van der Waals surface area (Å²) in [5, 5.41) is 0.523. The molecule has 2 aromatic carbocycles. The first-order chi connectivity index (χ1) is 10.1. The van der Waals surface area contributed by atoms with Crippen LogP contribution in [0.2, 0.25) is 5.02 Å². The number of hydrogen-bond donors (Lipinski definition) is 1. The average molecular weight is 303 g/mol. The molecule has 0 aromatic heterocycles. The third-order valence-electron chi connectivity index (χ3n) is 3.46. The summed E-state index contributed by atoms with van der Waals surface area (Å²) in [6.45, 7) is 1.50. The number of anilines is 1. The number of rotatable bonds is 2. The summed E-state index contributed by atoms with van der Waals surface area (Å²) in [7, 11) is 0. The zero-order chi connectivity index (χ0) is 14.8. The van der Waals surface area contributed by atoms with Gasteiger partial charge in [-0.2, -0.15) is 0 Å². The van der Waals surface area contributed by atoms with Gasteiger partial charge in [0.2, 0.25) is 0 Å². The van der Waals surface area contributed by atoms with Gasteiger partial charge in [0.05, 0.1) is 22.8 Å². The molecule has 1 aliphatic heterocycles. The second-order valence-electron chi connectivity index (χ2n) is 4.93. The van der Waals surface area contributed by atoms with E-state index < -0.39 is 0 Å². The van der Waals surface area contributed by atoms with E-state index in [0.717, 1.165) is 5.56 Å². The van der Waals surface area contributed by atoms with Crippen LogP contribution in [0.25, 0.3) is 0 Å². The van der Waals surface area contributed by atoms with Gasteiger partial charge in [-0.05, 0) is 29.8 Å². The highest BCUT2D eigenvalue weighted by Crippen LogP contribution is 2.25. The van der Waals surface area contributed by atoms with Gasteiger partial charge < -0.3 is 15.4 Å². The SMILES string of the molecule is Nc1cc(CN2CCOc3ccccc3C2=O)ccc1Cl. The summed E-state index contributed by atoms with van der Waals surface area (Å²) >= 11 is 5.92. The third kappa shape index (κ3) is 2.81. The van der Waals surface area contributed by atoms with Crippen LogP contribution in [0.5, 0.6) is 5.75 Å². The maximum absolute atomic E-state index is 12.6. The van der Waals surface area contributed by atoms with Crippen molar-refractivity contribution in [3.8, 4) is 5.75 Å². The first kappa shape index (κ1) is 13.8. The van der Waals surface area contributed by atoms with Crippen LogP contribution in [-0.4, -0.2) is 24.0 Å². The number of fused-ring (bicyclic) bond motifs is 1. The molecule has 0 spiro atoms. The fraction of sp³-hybridized carbons (Fsp3) is 0.188. The van der Waals surface area contributed by atoms with Crippen LogP contribution >= 0.6 is 11.6 Å². The molecule has 4 nitrogen and oxygen atoms in total. The Morgan fingerprint density at radius 3 is 2.86 bits per heavy atom. The Morgan fingerprint density at radius 2 is 2.05 bits per heavy atom. The Balaban J connectivity index is 1.85. The molecule has 0 bridgehead atoms. The van der Waals surface area contributed by atoms with Crippen LogP contribution in [0, 0.1) is 0 Å². The largest absolute Gasteiger partial charge is 0.491 e. The van der Waals surface area contributed by atoms with Crippen molar-refractivity contribution in [2.75, 3.05) is 18.9 Å². The van der Waals surface area contributed by atoms with Gasteiger partial charge in [-0.3, -0.25) is 4.79 Å². The summed E-state index contributed by atoms with van der Waals surface area (Å²) in [5.41, 5.74) is 7.87. The third-order valence-corrected chi connectivity index (χ3v) is 3.80. The lowest BCUT2D eigenvalue weighted by atomic mass is 10.1. The number of nitrogen functional groups attached to an aromatic ring is 1. The van der Waals surface area contributed by atoms with E-state index in [1.54, 1.807) is 23.1 Å². The number of carbonyl (C=O) groups is 1. The number of hydrogen-bond acceptors (Lipinski definition) is 3. The number of benzene rings is 2. The maximum Gasteiger partial charge on any atom is 0.258 e. The van der Waals surface area contributed by atoms with E-state index in [2.05, 4.69) is 0 Å². The van der Waals surface area contributed by atoms with Gasteiger partial charge in [0.25, 0.3) is 5.91 Å². The van der Waals surface area contributed by atoms with Crippen LogP contribution in [0.15, 0.2) is 42.5 Å². The highest BCUT2D eigenvalue weighted by atomic mass is 35.5. The molecule has 1 amide bonds. The number of carbonyl (C=O) groups excluding carboxylic acids is 1. The average Bonchev–Trinajstić information content (AvgIpc) is 2.64. The maximum atomic E-state index is 12.6. The van der Waals surface area contributed by atoms with Gasteiger partial charge in [0.1, 0.15) is 12.4 Å². The molecule has 5 heteroatoms. The summed E-state index contributed by atoms with van der Waals surface area (Å²) in [5.74, 6) is 0.609. The molecular weight excluding hydrogens is 288 g/mol. The predicted octanol–water partition coefficient (Wildman–Crippen LogP) is 2.96. The van der Waals surface area contributed by atoms with Crippen molar-refractivity contribution in [3.05, 3.63) is 58.6 Å². The molecule has 1 heterocycles. The van der Waals surface area contributed by atoms with Gasteiger partial charge in [0.15, 0.2) is 0 Å². The minimum Gasteiger partial charge on any atom is -0.491 e. The van der Waals surface area contributed by atoms with Gasteiger partial charge in [-0.15, -0.1) is 0 Å². The smallest absolute Gasteiger partial charge is 0.258 e. The Kier molecular flexibility index (Phi) is 3.71. The van der Waals surface area contributed by atoms with Crippen molar-refractivity contribution in [1.29, 1.82) is 0 Å². The van der Waals surface area contributed by atoms with Crippen molar-refractivity contribution < 1.29 is 9.53 Å². The molecule has 0 fully saturated rings. The van der Waals surface area contributed by atoms with E-state index in [0.29, 0.717) is 41.7 Å². The molecule has 0 unspecified atom stereocenters. The lowest BCUT2D eigenvalue weighted by molar-refractivity contribution is 0.0743. The lowest BCUT2D eigenvalue weighted by Crippen LogP contribution is -2.31. The highest BCUT2D eigenvalue weighted by Gasteiger charge is 2.23. The molecule has 2 aromatic rings. The van der Waals surface area contributed by atoms with Crippen LogP contribution in [0.3, 0.4) is 0 Å². The Labute approximate surface area is 128 Å². The summed E-state index contributed by atoms with van der Waals surface area (Å²) in [6, 6.07) is 12.7. The molecule has 108 valence electrons. The highest BCUT2D eigenvalue weighted by molar-refractivity contribution is 6.33. The summed E-state index contributed by atoms with van der Waals surface area (Å²) < 4.78 is 5.62. The number of para-hydroxylation sites is 1. The number of halogens is 1. The van der Waals surface area contributed by atoms with Gasteiger partial charge in [0, 0.05) is 6.54 Å². The van der Waals surface area contributed by atoms with Crippen molar-refractivity contribution in [1.82, 2.24) is 4.90 Å². The first-order valence-electron chi connectivity index (χ1n) is 6.70. The monoisotopic (exact) mass is 302 g/mol. The Bertz CT molecular complexity index is 688. The topological polar surface area (TPSA) is 55.6 Å². The molecule has 0 radical (unpaired) electrons. The van der Waals surface area contributed by atoms with E-state index in [1.807, 2.05) is 24.3 Å². The fourth-order valence-electron chi connectivity index (χ4n) is 2.37. The van der Waals surface area contributed by atoms with Gasteiger partial charge in [-0.25, -0.2) is 0 Å². The van der Waals surface area contributed by atoms with Gasteiger partial charge in [-0.1, -0.05) is 29.8 Å². The second kappa shape index (κ2) is 5.66. The lowest BCUT2D eigenvalue weighted by Gasteiger charge is -2.20. The van der Waals surface area contributed by atoms with E-state index >= 15 is 0 Å². The first-order valence-corrected chi connectivity index (χ1v) is 7.08. The summed E-state index contributed by atoms with van der Waals surface area (Å²) in [6.07, 6.45) is 0. The van der Waals surface area contributed by atoms with E-state index in [4.69, 9.17) is 22.1 Å². The molecule has 2 N–H and O–H groups in total. The molecule has 21 heavy (non-hydrogen) atoms. The fourth-order valence-corrected chi connectivity index (χ4v) is 2.49. The molecule has 0 atom stereocenters. The predicted molar refractivity (Wildman–Crippen MR) is 82.5 cm³/mol. The quantitative estimate of drug-likeness (QED) is 0.868. The van der Waals surface area contributed by atoms with Crippen molar-refractivity contribution in [2.24, 2.45) is 0 Å². The van der Waals surface area contributed by atoms with Crippen molar-refractivity contribution >= 4 is 23.2 Å². The Morgan fingerprint density at radius 1 is 1.24 bits per heavy atom. The van der Waals surface area contributed by atoms with E-state index in [1.165, 1.54) is 0 Å². The number of nitrogens with two attached hydrogens (primary N) is 1. The van der Waals surface area contributed by atoms with Crippen molar-refractivity contribution in [2.45, 2.75) is 6.54 Å². The number of amides is 1. The summed E-state index contributed by atoms with van der Waals surface area (Å²) in [4.78, 5) is 14.3. The molecule has 0 saturated carbocycles. The number of ether oxygens (including phenoxy) is 1. The zero-order valence-electron chi connectivity index (χ0n) is 11.4. The Hall–Kier alpha value is -2.20. The molecular formula is C16H15ClN2O2. The van der Waals surface area contributed by atoms with E-state index in [9.17, 15) is 4.79 Å². The molecule has 3 rings (SSSR count). The molecule has 0 saturated heterocycles. The minimum absolute atomic E-state index is 0.0309. The standard InChI is InChI=1S/C16H15ClN2O2/c17-13-6-5-11(9-14(13)18)10-19-7-8-21-15-4-2-1-3-12(15)16(19)20/h1-6,9H,7-8,10,18H2. The van der Waals surface area contributed by atoms with Gasteiger partial charge >= 0.3 is 0 Å². The van der Waals surface area contributed by atoms with E-state index in [-0.39, 0.29) is 5.91 Å². The van der Waals surface area contributed by atoms with Crippen LogP contribution in [-0.2, 0) is 6.54 Å². The van der Waals surface area contributed by atoms with Crippen LogP contribution < -0.4 is 10.5 Å². The minimum atomic E-state index is -0.0309. The molecule has 0 aliphatic carbocycles. The van der Waals surface area contributed by atoms with Crippen LogP contribution in [0.4, 0.5) is 5.69 Å². The zero-order valence-corrected chi connectivity index (χ0v) is 12.1. The van der Waals surface area contributed by atoms with Crippen molar-refractivity contribution in [3.63, 3.8) is 0 Å². The second-order valence-corrected chi connectivity index (χ2v) is 5.33.